The van der Waals surface area contributed by atoms with Crippen LogP contribution in [0, 0.1) is 6.92 Å². The summed E-state index contributed by atoms with van der Waals surface area (Å²) in [5, 5.41) is 10.8. The molecular weight excluding hydrogens is 268 g/mol. The van der Waals surface area contributed by atoms with Gasteiger partial charge in [-0.2, -0.15) is 5.10 Å². The molecule has 0 spiro atoms. The van der Waals surface area contributed by atoms with E-state index in [1.165, 1.54) is 6.92 Å². The summed E-state index contributed by atoms with van der Waals surface area (Å²) in [6.07, 6.45) is 0. The molecule has 21 heavy (non-hydrogen) atoms. The van der Waals surface area contributed by atoms with Gasteiger partial charge in [0.05, 0.1) is 5.52 Å². The predicted octanol–water partition coefficient (Wildman–Crippen LogP) is 1.47. The normalized spacial score (nSPS) is 12.2. The molecule has 2 N–H and O–H groups in total. The molecule has 0 saturated heterocycles. The van der Waals surface area contributed by atoms with Crippen molar-refractivity contribution in [3.8, 4) is 0 Å². The average Bonchev–Trinajstić information content (AvgIpc) is 2.78. The van der Waals surface area contributed by atoms with Crippen LogP contribution in [0.5, 0.6) is 0 Å². The van der Waals surface area contributed by atoms with Crippen LogP contribution in [0.4, 0.5) is 0 Å². The fourth-order valence-electron chi connectivity index (χ4n) is 2.39. The first-order valence-electron chi connectivity index (χ1n) is 6.85. The number of aryl methyl sites for hydroxylation is 1. The lowest BCUT2D eigenvalue weighted by atomic mass is 10.1. The Kier molecular flexibility index (Phi) is 4.26. The number of fused-ring (bicyclic) bond motifs is 1. The SMILES string of the molecule is CC(=O)NC(C)CN(C)C(=O)c1ccc2c(C)[nH]nc2c1. The molecule has 6 nitrogen and oxygen atoms in total. The molecule has 0 saturated carbocycles. The first-order chi connectivity index (χ1) is 9.88. The molecule has 0 bridgehead atoms. The van der Waals surface area contributed by atoms with Crippen molar-refractivity contribution < 1.29 is 9.59 Å². The van der Waals surface area contributed by atoms with E-state index in [0.29, 0.717) is 12.1 Å². The minimum Gasteiger partial charge on any atom is -0.352 e. The third-order valence-corrected chi connectivity index (χ3v) is 3.34. The average molecular weight is 288 g/mol. The Morgan fingerprint density at radius 3 is 2.81 bits per heavy atom. The van der Waals surface area contributed by atoms with Crippen LogP contribution >= 0.6 is 0 Å². The van der Waals surface area contributed by atoms with Gasteiger partial charge < -0.3 is 10.2 Å². The Morgan fingerprint density at radius 2 is 2.14 bits per heavy atom. The highest BCUT2D eigenvalue weighted by atomic mass is 16.2. The summed E-state index contributed by atoms with van der Waals surface area (Å²) in [6.45, 7) is 5.73. The summed E-state index contributed by atoms with van der Waals surface area (Å²) in [5.74, 6) is -0.188. The highest BCUT2D eigenvalue weighted by Crippen LogP contribution is 2.17. The van der Waals surface area contributed by atoms with Gasteiger partial charge in [0.1, 0.15) is 0 Å². The van der Waals surface area contributed by atoms with Crippen molar-refractivity contribution >= 4 is 22.7 Å². The van der Waals surface area contributed by atoms with E-state index in [1.54, 1.807) is 24.1 Å². The van der Waals surface area contributed by atoms with Crippen LogP contribution in [-0.2, 0) is 4.79 Å². The van der Waals surface area contributed by atoms with Gasteiger partial charge in [0.2, 0.25) is 5.91 Å². The molecule has 6 heteroatoms. The summed E-state index contributed by atoms with van der Waals surface area (Å²) >= 11 is 0. The third-order valence-electron chi connectivity index (χ3n) is 3.34. The molecule has 1 aromatic heterocycles. The molecule has 1 heterocycles. The number of aromatic amines is 1. The van der Waals surface area contributed by atoms with Gasteiger partial charge in [0.15, 0.2) is 0 Å². The van der Waals surface area contributed by atoms with E-state index in [2.05, 4.69) is 15.5 Å². The predicted molar refractivity (Wildman–Crippen MR) is 81.1 cm³/mol. The zero-order chi connectivity index (χ0) is 15.6. The quantitative estimate of drug-likeness (QED) is 0.894. The van der Waals surface area contributed by atoms with Gasteiger partial charge in [0, 0.05) is 43.2 Å². The molecule has 2 rings (SSSR count). The zero-order valence-corrected chi connectivity index (χ0v) is 12.7. The summed E-state index contributed by atoms with van der Waals surface area (Å²) < 4.78 is 0. The minimum atomic E-state index is -0.100. The van der Waals surface area contributed by atoms with Gasteiger partial charge >= 0.3 is 0 Å². The van der Waals surface area contributed by atoms with Crippen molar-refractivity contribution in [2.45, 2.75) is 26.8 Å². The molecule has 112 valence electrons. The number of nitrogens with one attached hydrogen (secondary N) is 2. The number of carbonyl (C=O) groups excluding carboxylic acids is 2. The molecular formula is C15H20N4O2. The van der Waals surface area contributed by atoms with Gasteiger partial charge in [-0.15, -0.1) is 0 Å². The van der Waals surface area contributed by atoms with Crippen molar-refractivity contribution in [3.63, 3.8) is 0 Å². The number of likely N-dealkylation sites (N-methyl/N-ethyl adjacent to an activating group) is 1. The first-order valence-corrected chi connectivity index (χ1v) is 6.85. The number of aromatic nitrogens is 2. The molecule has 2 aromatic rings. The van der Waals surface area contributed by atoms with Crippen LogP contribution in [0.25, 0.3) is 10.9 Å². The number of carbonyl (C=O) groups is 2. The Balaban J connectivity index is 2.11. The molecule has 1 aromatic carbocycles. The second-order valence-corrected chi connectivity index (χ2v) is 5.37. The monoisotopic (exact) mass is 288 g/mol. The number of hydrogen-bond acceptors (Lipinski definition) is 3. The van der Waals surface area contributed by atoms with Crippen molar-refractivity contribution in [3.05, 3.63) is 29.5 Å². The Hall–Kier alpha value is -2.37. The fourth-order valence-corrected chi connectivity index (χ4v) is 2.39. The van der Waals surface area contributed by atoms with Crippen LogP contribution in [0.2, 0.25) is 0 Å². The number of benzene rings is 1. The van der Waals surface area contributed by atoms with E-state index in [4.69, 9.17) is 0 Å². The molecule has 1 atom stereocenters. The molecule has 0 aliphatic rings. The molecule has 1 unspecified atom stereocenters. The van der Waals surface area contributed by atoms with E-state index < -0.39 is 0 Å². The maximum atomic E-state index is 12.4. The summed E-state index contributed by atoms with van der Waals surface area (Å²) in [4.78, 5) is 25.0. The largest absolute Gasteiger partial charge is 0.352 e. The lowest BCUT2D eigenvalue weighted by molar-refractivity contribution is -0.119. The summed E-state index contributed by atoms with van der Waals surface area (Å²) in [5.41, 5.74) is 2.35. The topological polar surface area (TPSA) is 78.1 Å². The van der Waals surface area contributed by atoms with E-state index in [-0.39, 0.29) is 17.9 Å². The highest BCUT2D eigenvalue weighted by molar-refractivity contribution is 5.98. The molecule has 0 fully saturated rings. The van der Waals surface area contributed by atoms with Crippen LogP contribution in [0.3, 0.4) is 0 Å². The van der Waals surface area contributed by atoms with Crippen LogP contribution in [-0.4, -0.2) is 46.5 Å². The van der Waals surface area contributed by atoms with Gasteiger partial charge in [-0.25, -0.2) is 0 Å². The second-order valence-electron chi connectivity index (χ2n) is 5.37. The molecule has 0 aliphatic carbocycles. The number of amides is 2. The van der Waals surface area contributed by atoms with E-state index >= 15 is 0 Å². The second kappa shape index (κ2) is 5.95. The minimum absolute atomic E-state index is 0.0882. The van der Waals surface area contributed by atoms with Gasteiger partial charge in [-0.3, -0.25) is 14.7 Å². The van der Waals surface area contributed by atoms with Crippen LogP contribution in [0.15, 0.2) is 18.2 Å². The van der Waals surface area contributed by atoms with E-state index in [9.17, 15) is 9.59 Å². The number of hydrogen-bond donors (Lipinski definition) is 2. The zero-order valence-electron chi connectivity index (χ0n) is 12.7. The van der Waals surface area contributed by atoms with Crippen LogP contribution < -0.4 is 5.32 Å². The van der Waals surface area contributed by atoms with Crippen molar-refractivity contribution in [1.29, 1.82) is 0 Å². The smallest absolute Gasteiger partial charge is 0.253 e. The number of nitrogens with zero attached hydrogens (tertiary/aromatic N) is 2. The highest BCUT2D eigenvalue weighted by Gasteiger charge is 2.16. The summed E-state index contributed by atoms with van der Waals surface area (Å²) in [6, 6.07) is 5.38. The molecule has 0 radical (unpaired) electrons. The molecule has 0 aliphatic heterocycles. The van der Waals surface area contributed by atoms with Crippen molar-refractivity contribution in [2.24, 2.45) is 0 Å². The lowest BCUT2D eigenvalue weighted by Gasteiger charge is -2.22. The van der Waals surface area contributed by atoms with Gasteiger partial charge in [-0.1, -0.05) is 6.07 Å². The van der Waals surface area contributed by atoms with Gasteiger partial charge in [-0.05, 0) is 26.0 Å². The first kappa shape index (κ1) is 15.0. The summed E-state index contributed by atoms with van der Waals surface area (Å²) in [7, 11) is 1.72. The number of rotatable bonds is 4. The van der Waals surface area contributed by atoms with Gasteiger partial charge in [0.25, 0.3) is 5.91 Å². The maximum Gasteiger partial charge on any atom is 0.253 e. The standard InChI is InChI=1S/C15H20N4O2/c1-9(16-11(3)20)8-19(4)15(21)12-5-6-13-10(2)17-18-14(13)7-12/h5-7,9H,8H2,1-4H3,(H,16,20)(H,17,18). The van der Waals surface area contributed by atoms with E-state index in [0.717, 1.165) is 16.6 Å². The third kappa shape index (κ3) is 3.39. The Morgan fingerprint density at radius 1 is 1.43 bits per heavy atom. The van der Waals surface area contributed by atoms with Crippen LogP contribution in [0.1, 0.15) is 29.9 Å². The lowest BCUT2D eigenvalue weighted by Crippen LogP contribution is -2.41. The Labute approximate surface area is 123 Å². The fraction of sp³-hybridized carbons (Fsp3) is 0.400. The molecule has 2 amide bonds. The van der Waals surface area contributed by atoms with Crippen molar-refractivity contribution in [1.82, 2.24) is 20.4 Å². The van der Waals surface area contributed by atoms with E-state index in [1.807, 2.05) is 19.9 Å². The maximum absolute atomic E-state index is 12.4. The Bertz CT molecular complexity index is 677. The number of H-pyrrole nitrogens is 1. The van der Waals surface area contributed by atoms with Crippen molar-refractivity contribution in [2.75, 3.05) is 13.6 Å².